The Morgan fingerprint density at radius 1 is 0.361 bits per heavy atom. The van der Waals surface area contributed by atoms with Crippen molar-refractivity contribution in [2.45, 2.75) is 9.79 Å². The van der Waals surface area contributed by atoms with E-state index in [1.54, 1.807) is 18.3 Å². The Morgan fingerprint density at radius 2 is 0.852 bits per heavy atom. The lowest BCUT2D eigenvalue weighted by molar-refractivity contribution is 0.596. The summed E-state index contributed by atoms with van der Waals surface area (Å²) in [7, 11) is -3.94. The molecule has 0 atom stereocenters. The van der Waals surface area contributed by atoms with Crippen LogP contribution in [0.1, 0.15) is 0 Å². The maximum atomic E-state index is 14.7. The fourth-order valence-corrected chi connectivity index (χ4v) is 10.8. The van der Waals surface area contributed by atoms with E-state index < -0.39 is 9.84 Å². The molecule has 0 unspecified atom stereocenters. The summed E-state index contributed by atoms with van der Waals surface area (Å²) in [6, 6.07) is 54.3. The van der Waals surface area contributed by atoms with E-state index in [9.17, 15) is 8.42 Å². The van der Waals surface area contributed by atoms with Crippen LogP contribution in [-0.2, 0) is 9.84 Å². The van der Waals surface area contributed by atoms with Gasteiger partial charge in [0.05, 0.1) is 49.1 Å². The topological polar surface area (TPSA) is 87.8 Å². The average Bonchev–Trinajstić information content (AvgIpc) is 4.05. The largest absolute Gasteiger partial charge is 0.456 e. The van der Waals surface area contributed by atoms with Crippen molar-refractivity contribution in [3.8, 4) is 17.1 Å². The maximum absolute atomic E-state index is 14.7. The number of hydrogen-bond donors (Lipinski definition) is 0. The van der Waals surface area contributed by atoms with Gasteiger partial charge in [-0.05, 0) is 109 Å². The van der Waals surface area contributed by atoms with Crippen LogP contribution in [0.3, 0.4) is 0 Å². The van der Waals surface area contributed by atoms with Crippen LogP contribution in [0.4, 0.5) is 0 Å². The van der Waals surface area contributed by atoms with Gasteiger partial charge in [-0.2, -0.15) is 0 Å². The van der Waals surface area contributed by atoms with Crippen LogP contribution in [0.15, 0.2) is 203 Å². The van der Waals surface area contributed by atoms with Gasteiger partial charge < -0.3 is 18.1 Å². The van der Waals surface area contributed by atoms with E-state index in [-0.39, 0.29) is 9.79 Å². The zero-order valence-electron chi connectivity index (χ0n) is 32.3. The molecular formula is C52H31N5O3S. The molecule has 6 aromatic heterocycles. The van der Waals surface area contributed by atoms with Crippen molar-refractivity contribution >= 4 is 97.2 Å². The molecule has 61 heavy (non-hydrogen) atoms. The number of nitrogens with zero attached hydrogens (tertiary/aromatic N) is 5. The molecule has 0 amide bonds. The van der Waals surface area contributed by atoms with E-state index in [4.69, 9.17) is 4.42 Å². The zero-order valence-corrected chi connectivity index (χ0v) is 33.1. The van der Waals surface area contributed by atoms with Crippen molar-refractivity contribution in [3.05, 3.63) is 189 Å². The molecule has 0 spiro atoms. The first-order valence-electron chi connectivity index (χ1n) is 20.0. The van der Waals surface area contributed by atoms with E-state index in [0.29, 0.717) is 0 Å². The molecule has 8 nitrogen and oxygen atoms in total. The van der Waals surface area contributed by atoms with Gasteiger partial charge in [0, 0.05) is 78.7 Å². The molecule has 0 N–H and O–H groups in total. The van der Waals surface area contributed by atoms with Crippen LogP contribution in [0.2, 0.25) is 0 Å². The van der Waals surface area contributed by atoms with Gasteiger partial charge in [-0.15, -0.1) is 0 Å². The second-order valence-corrected chi connectivity index (χ2v) is 17.4. The summed E-state index contributed by atoms with van der Waals surface area (Å²) in [5.41, 5.74) is 10.5. The highest BCUT2D eigenvalue weighted by Gasteiger charge is 2.24. The molecule has 0 fully saturated rings. The zero-order chi connectivity index (χ0) is 40.4. The van der Waals surface area contributed by atoms with Crippen LogP contribution in [0.5, 0.6) is 0 Å². The third kappa shape index (κ3) is 4.83. The fraction of sp³-hybridized carbons (Fsp3) is 0. The Bertz CT molecular complexity index is 4080. The average molecular weight is 806 g/mol. The van der Waals surface area contributed by atoms with E-state index in [1.807, 2.05) is 104 Å². The monoisotopic (exact) mass is 805 g/mol. The minimum atomic E-state index is -3.94. The molecule has 0 radical (unpaired) electrons. The third-order valence-corrected chi connectivity index (χ3v) is 14.0. The molecule has 7 aromatic carbocycles. The predicted molar refractivity (Wildman–Crippen MR) is 244 cm³/mol. The molecule has 0 aliphatic rings. The van der Waals surface area contributed by atoms with Crippen LogP contribution in [0.25, 0.3) is 104 Å². The van der Waals surface area contributed by atoms with Crippen molar-refractivity contribution in [2.75, 3.05) is 0 Å². The summed E-state index contributed by atoms with van der Waals surface area (Å²) in [5.74, 6) is 0. The predicted octanol–water partition coefficient (Wildman–Crippen LogP) is 12.5. The maximum Gasteiger partial charge on any atom is 0.206 e. The first-order valence-corrected chi connectivity index (χ1v) is 21.5. The van der Waals surface area contributed by atoms with Crippen LogP contribution in [-0.4, -0.2) is 32.1 Å². The number of fused-ring (bicyclic) bond motifs is 12. The standard InChI is InChI=1S/C52H31N5O3S/c58-61(59,36-17-20-49-42(29-36)38-11-5-7-13-46(38)57(49)34-15-21-51-43(27-34)44-30-53-25-23-52(44)60-51)35-16-19-48-41(28-35)37-10-4-6-12-45(37)56(48)33-14-18-47-40(26-33)39-22-24-54-31-50(39)55(47)32-8-2-1-3-9-32/h1-31H. The van der Waals surface area contributed by atoms with Gasteiger partial charge >= 0.3 is 0 Å². The second-order valence-electron chi connectivity index (χ2n) is 15.5. The van der Waals surface area contributed by atoms with Gasteiger partial charge in [0.1, 0.15) is 11.2 Å². The van der Waals surface area contributed by atoms with Crippen molar-refractivity contribution in [1.29, 1.82) is 0 Å². The lowest BCUT2D eigenvalue weighted by Crippen LogP contribution is -2.02. The number of furan rings is 1. The Kier molecular flexibility index (Phi) is 6.95. The van der Waals surface area contributed by atoms with Gasteiger partial charge in [-0.25, -0.2) is 8.42 Å². The summed E-state index contributed by atoms with van der Waals surface area (Å²) in [6.45, 7) is 0. The number of benzene rings is 7. The van der Waals surface area contributed by atoms with Gasteiger partial charge in [-0.3, -0.25) is 9.97 Å². The summed E-state index contributed by atoms with van der Waals surface area (Å²) in [6.07, 6.45) is 7.31. The highest BCUT2D eigenvalue weighted by molar-refractivity contribution is 7.91. The lowest BCUT2D eigenvalue weighted by atomic mass is 10.1. The molecule has 13 rings (SSSR count). The third-order valence-electron chi connectivity index (χ3n) is 12.2. The summed E-state index contributed by atoms with van der Waals surface area (Å²) < 4.78 is 42.2. The van der Waals surface area contributed by atoms with Crippen molar-refractivity contribution < 1.29 is 12.8 Å². The number of para-hydroxylation sites is 3. The lowest BCUT2D eigenvalue weighted by Gasteiger charge is -2.11. The van der Waals surface area contributed by atoms with Gasteiger partial charge in [-0.1, -0.05) is 54.6 Å². The molecule has 13 aromatic rings. The van der Waals surface area contributed by atoms with Gasteiger partial charge in [0.2, 0.25) is 9.84 Å². The van der Waals surface area contributed by atoms with Crippen molar-refractivity contribution in [3.63, 3.8) is 0 Å². The Labute approximate surface area is 347 Å². The Hall–Kier alpha value is -8.01. The summed E-state index contributed by atoms with van der Waals surface area (Å²) >= 11 is 0. The van der Waals surface area contributed by atoms with E-state index in [0.717, 1.165) is 104 Å². The number of hydrogen-bond acceptors (Lipinski definition) is 5. The number of sulfone groups is 1. The summed E-state index contributed by atoms with van der Waals surface area (Å²) in [4.78, 5) is 9.29. The Balaban J connectivity index is 0.952. The van der Waals surface area contributed by atoms with Crippen molar-refractivity contribution in [2.24, 2.45) is 0 Å². The van der Waals surface area contributed by atoms with E-state index >= 15 is 0 Å². The van der Waals surface area contributed by atoms with Gasteiger partial charge in [0.15, 0.2) is 0 Å². The molecule has 0 aliphatic carbocycles. The van der Waals surface area contributed by atoms with Crippen molar-refractivity contribution in [1.82, 2.24) is 23.7 Å². The highest BCUT2D eigenvalue weighted by atomic mass is 32.2. The molecule has 0 aliphatic heterocycles. The Morgan fingerprint density at radius 3 is 1.54 bits per heavy atom. The molecule has 6 heterocycles. The molecule has 9 heteroatoms. The first-order chi connectivity index (χ1) is 30.0. The number of pyridine rings is 2. The number of aromatic nitrogens is 5. The van der Waals surface area contributed by atoms with Crippen LogP contribution in [0, 0.1) is 0 Å². The van der Waals surface area contributed by atoms with Crippen LogP contribution >= 0.6 is 0 Å². The van der Waals surface area contributed by atoms with E-state index in [2.05, 4.69) is 90.4 Å². The second kappa shape index (κ2) is 12.5. The van der Waals surface area contributed by atoms with E-state index in [1.165, 1.54) is 0 Å². The SMILES string of the molecule is O=S(=O)(c1ccc2c(c1)c1ccccc1n2-c1ccc2oc3ccncc3c2c1)c1ccc2c(c1)c1ccccc1n2-c1ccc2c(c1)c1ccncc1n2-c1ccccc1. The highest BCUT2D eigenvalue weighted by Crippen LogP contribution is 2.40. The molecule has 0 saturated heterocycles. The minimum Gasteiger partial charge on any atom is -0.456 e. The summed E-state index contributed by atoms with van der Waals surface area (Å²) in [5, 5.41) is 7.78. The molecule has 288 valence electrons. The first kappa shape index (κ1) is 33.9. The quantitative estimate of drug-likeness (QED) is 0.173. The van der Waals surface area contributed by atoms with Gasteiger partial charge in [0.25, 0.3) is 0 Å². The smallest absolute Gasteiger partial charge is 0.206 e. The molecule has 0 bridgehead atoms. The van der Waals surface area contributed by atoms with Crippen LogP contribution < -0.4 is 0 Å². The number of rotatable bonds is 5. The fourth-order valence-electron chi connectivity index (χ4n) is 9.53. The molecule has 0 saturated carbocycles. The normalized spacial score (nSPS) is 12.4. The molecular weight excluding hydrogens is 775 g/mol. The minimum absolute atomic E-state index is 0.239.